The number of hydrogen-bond acceptors (Lipinski definition) is 4. The van der Waals surface area contributed by atoms with Gasteiger partial charge in [-0.05, 0) is 19.3 Å². The lowest BCUT2D eigenvalue weighted by atomic mass is 9.78. The van der Waals surface area contributed by atoms with Gasteiger partial charge in [0.25, 0.3) is 0 Å². The van der Waals surface area contributed by atoms with E-state index in [1.54, 1.807) is 0 Å². The topological polar surface area (TPSA) is 80.9 Å². The van der Waals surface area contributed by atoms with Crippen LogP contribution in [0.1, 0.15) is 19.3 Å². The van der Waals surface area contributed by atoms with Crippen LogP contribution in [0.4, 0.5) is 0 Å². The lowest BCUT2D eigenvalue weighted by molar-refractivity contribution is -0.169. The molecule has 0 amide bonds. The SMILES string of the molecule is OC(O)C1CCC(I)CC1C(O)O. The molecule has 0 aromatic rings. The van der Waals surface area contributed by atoms with Gasteiger partial charge in [0.1, 0.15) is 0 Å². The van der Waals surface area contributed by atoms with E-state index in [1.807, 2.05) is 0 Å². The zero-order valence-corrected chi connectivity index (χ0v) is 9.33. The molecule has 0 saturated heterocycles. The number of aliphatic hydroxyl groups is 4. The minimum atomic E-state index is -1.44. The first-order chi connectivity index (χ1) is 6.02. The van der Waals surface area contributed by atoms with Gasteiger partial charge in [-0.25, -0.2) is 0 Å². The van der Waals surface area contributed by atoms with E-state index in [4.69, 9.17) is 20.4 Å². The molecule has 0 aromatic heterocycles. The first kappa shape index (κ1) is 11.6. The average Bonchev–Trinajstić information content (AvgIpc) is 2.03. The molecule has 1 rings (SSSR count). The minimum absolute atomic E-state index is 0.397. The van der Waals surface area contributed by atoms with Crippen molar-refractivity contribution in [2.45, 2.75) is 35.8 Å². The van der Waals surface area contributed by atoms with E-state index >= 15 is 0 Å². The average molecular weight is 302 g/mol. The van der Waals surface area contributed by atoms with Crippen LogP contribution in [-0.2, 0) is 0 Å². The molecule has 5 heteroatoms. The van der Waals surface area contributed by atoms with Crippen molar-refractivity contribution in [3.05, 3.63) is 0 Å². The third kappa shape index (κ3) is 3.02. The van der Waals surface area contributed by atoms with Crippen LogP contribution >= 0.6 is 22.6 Å². The Kier molecular flexibility index (Phi) is 4.37. The highest BCUT2D eigenvalue weighted by atomic mass is 127. The summed E-state index contributed by atoms with van der Waals surface area (Å²) in [6, 6.07) is 0. The number of hydrogen-bond donors (Lipinski definition) is 4. The molecule has 1 saturated carbocycles. The second-order valence-corrected chi connectivity index (χ2v) is 5.33. The van der Waals surface area contributed by atoms with Crippen molar-refractivity contribution in [3.63, 3.8) is 0 Å². The zero-order valence-electron chi connectivity index (χ0n) is 7.17. The lowest BCUT2D eigenvalue weighted by Gasteiger charge is -2.35. The van der Waals surface area contributed by atoms with Gasteiger partial charge in [0, 0.05) is 15.8 Å². The van der Waals surface area contributed by atoms with Crippen molar-refractivity contribution in [1.29, 1.82) is 0 Å². The summed E-state index contributed by atoms with van der Waals surface area (Å²) < 4.78 is 0.402. The highest BCUT2D eigenvalue weighted by Gasteiger charge is 2.36. The van der Waals surface area contributed by atoms with Crippen LogP contribution in [0.3, 0.4) is 0 Å². The van der Waals surface area contributed by atoms with E-state index in [9.17, 15) is 0 Å². The normalized spacial score (nSPS) is 35.8. The fourth-order valence-corrected chi connectivity index (χ4v) is 2.84. The van der Waals surface area contributed by atoms with Gasteiger partial charge in [-0.15, -0.1) is 0 Å². The van der Waals surface area contributed by atoms with Gasteiger partial charge < -0.3 is 20.4 Å². The number of rotatable bonds is 2. The Labute approximate surface area is 90.7 Å². The molecular weight excluding hydrogens is 287 g/mol. The molecule has 3 atom stereocenters. The third-order valence-corrected chi connectivity index (χ3v) is 3.79. The van der Waals surface area contributed by atoms with E-state index in [2.05, 4.69) is 22.6 Å². The first-order valence-corrected chi connectivity index (χ1v) is 5.63. The standard InChI is InChI=1S/C8H15IO4/c9-4-1-2-5(7(10)11)6(3-4)8(12)13/h4-8,10-13H,1-3H2. The predicted molar refractivity (Wildman–Crippen MR) is 55.1 cm³/mol. The Hall–Kier alpha value is 0.570. The largest absolute Gasteiger partial charge is 0.368 e. The molecule has 0 aromatic carbocycles. The van der Waals surface area contributed by atoms with Crippen LogP contribution in [0.15, 0.2) is 0 Å². The van der Waals surface area contributed by atoms with Crippen LogP contribution in [0.5, 0.6) is 0 Å². The Bertz CT molecular complexity index is 162. The second kappa shape index (κ2) is 4.88. The number of aliphatic hydroxyl groups excluding tert-OH is 2. The summed E-state index contributed by atoms with van der Waals surface area (Å²) in [4.78, 5) is 0. The highest BCUT2D eigenvalue weighted by molar-refractivity contribution is 14.1. The number of alkyl halides is 1. The first-order valence-electron chi connectivity index (χ1n) is 4.38. The summed E-state index contributed by atoms with van der Waals surface area (Å²) in [7, 11) is 0. The van der Waals surface area contributed by atoms with Gasteiger partial charge in [0.15, 0.2) is 12.6 Å². The molecule has 1 aliphatic rings. The Balaban J connectivity index is 2.60. The predicted octanol–water partition coefficient (Wildman–Crippen LogP) is -0.172. The van der Waals surface area contributed by atoms with Crippen LogP contribution in [0, 0.1) is 11.8 Å². The maximum atomic E-state index is 9.04. The molecule has 0 aliphatic heterocycles. The van der Waals surface area contributed by atoms with Gasteiger partial charge in [-0.1, -0.05) is 22.6 Å². The minimum Gasteiger partial charge on any atom is -0.368 e. The fourth-order valence-electron chi connectivity index (χ4n) is 1.89. The lowest BCUT2D eigenvalue weighted by Crippen LogP contribution is -2.40. The smallest absolute Gasteiger partial charge is 0.154 e. The van der Waals surface area contributed by atoms with E-state index in [-0.39, 0.29) is 0 Å². The molecule has 0 heterocycles. The van der Waals surface area contributed by atoms with Crippen LogP contribution in [0.25, 0.3) is 0 Å². The summed E-state index contributed by atoms with van der Waals surface area (Å²) in [5.74, 6) is -0.804. The molecule has 0 bridgehead atoms. The molecule has 0 radical (unpaired) electrons. The summed E-state index contributed by atoms with van der Waals surface area (Å²) in [5.41, 5.74) is 0. The van der Waals surface area contributed by atoms with Gasteiger partial charge in [-0.2, -0.15) is 0 Å². The van der Waals surface area contributed by atoms with Crippen LogP contribution < -0.4 is 0 Å². The molecule has 1 aliphatic carbocycles. The zero-order chi connectivity index (χ0) is 10.0. The third-order valence-electron chi connectivity index (χ3n) is 2.66. The van der Waals surface area contributed by atoms with Crippen LogP contribution in [-0.4, -0.2) is 36.9 Å². The van der Waals surface area contributed by atoms with E-state index in [0.29, 0.717) is 16.8 Å². The van der Waals surface area contributed by atoms with Crippen molar-refractivity contribution >= 4 is 22.6 Å². The molecule has 1 fully saturated rings. The van der Waals surface area contributed by atoms with Crippen molar-refractivity contribution < 1.29 is 20.4 Å². The monoisotopic (exact) mass is 302 g/mol. The Morgan fingerprint density at radius 3 is 1.92 bits per heavy atom. The molecule has 13 heavy (non-hydrogen) atoms. The van der Waals surface area contributed by atoms with Gasteiger partial charge in [-0.3, -0.25) is 0 Å². The molecule has 4 nitrogen and oxygen atoms in total. The molecule has 4 N–H and O–H groups in total. The highest BCUT2D eigenvalue weighted by Crippen LogP contribution is 2.36. The Morgan fingerprint density at radius 2 is 1.46 bits per heavy atom. The summed E-state index contributed by atoms with van der Waals surface area (Å²) in [6.45, 7) is 0. The van der Waals surface area contributed by atoms with Crippen molar-refractivity contribution in [2.24, 2.45) is 11.8 Å². The maximum Gasteiger partial charge on any atom is 0.154 e. The molecule has 0 spiro atoms. The van der Waals surface area contributed by atoms with E-state index in [0.717, 1.165) is 6.42 Å². The Morgan fingerprint density at radius 1 is 0.923 bits per heavy atom. The molecule has 3 unspecified atom stereocenters. The molecule has 78 valence electrons. The summed E-state index contributed by atoms with van der Waals surface area (Å²) >= 11 is 2.25. The second-order valence-electron chi connectivity index (χ2n) is 3.57. The summed E-state index contributed by atoms with van der Waals surface area (Å²) in [6.07, 6.45) is -0.680. The van der Waals surface area contributed by atoms with Gasteiger partial charge >= 0.3 is 0 Å². The van der Waals surface area contributed by atoms with Gasteiger partial charge in [0.2, 0.25) is 0 Å². The van der Waals surface area contributed by atoms with Crippen molar-refractivity contribution in [2.75, 3.05) is 0 Å². The quantitative estimate of drug-likeness (QED) is 0.324. The van der Waals surface area contributed by atoms with Gasteiger partial charge in [0.05, 0.1) is 0 Å². The van der Waals surface area contributed by atoms with Crippen molar-refractivity contribution in [3.8, 4) is 0 Å². The molecular formula is C8H15IO4. The van der Waals surface area contributed by atoms with E-state index in [1.165, 1.54) is 0 Å². The van der Waals surface area contributed by atoms with E-state index < -0.39 is 24.4 Å². The van der Waals surface area contributed by atoms with Crippen molar-refractivity contribution in [1.82, 2.24) is 0 Å². The van der Waals surface area contributed by atoms with Crippen LogP contribution in [0.2, 0.25) is 0 Å². The number of halogens is 1. The fraction of sp³-hybridized carbons (Fsp3) is 1.00. The maximum absolute atomic E-state index is 9.04. The summed E-state index contributed by atoms with van der Waals surface area (Å²) in [5, 5.41) is 36.1.